The molecule has 264 valence electrons. The van der Waals surface area contributed by atoms with Crippen LogP contribution in [0.25, 0.3) is 75.8 Å². The van der Waals surface area contributed by atoms with E-state index < -0.39 is 0 Å². The number of hydrogen-bond acceptors (Lipinski definition) is 2. The van der Waals surface area contributed by atoms with Crippen LogP contribution in [0.15, 0.2) is 224 Å². The van der Waals surface area contributed by atoms with Crippen molar-refractivity contribution in [3.05, 3.63) is 224 Å². The third kappa shape index (κ3) is 6.07. The Bertz CT molecular complexity index is 2960. The van der Waals surface area contributed by atoms with E-state index in [1.54, 1.807) is 0 Å². The Kier molecular flexibility index (Phi) is 8.79. The molecule has 0 aliphatic carbocycles. The Morgan fingerprint density at radius 3 is 1.30 bits per heavy atom. The molecular weight excluding hydrogens is 695 g/mol. The lowest BCUT2D eigenvalue weighted by Crippen LogP contribution is -2.11. The fraction of sp³-hybridized carbons (Fsp3) is 0. The Balaban J connectivity index is 1.18. The van der Waals surface area contributed by atoms with E-state index in [0.717, 1.165) is 17.1 Å². The molecule has 9 aromatic carbocycles. The highest BCUT2D eigenvalue weighted by molar-refractivity contribution is 7.26. The van der Waals surface area contributed by atoms with Crippen molar-refractivity contribution in [2.24, 2.45) is 0 Å². The molecule has 0 bridgehead atoms. The number of thiophene rings is 1. The first-order valence-corrected chi connectivity index (χ1v) is 19.9. The third-order valence-corrected chi connectivity index (χ3v) is 11.9. The standard InChI is InChI=1S/C54H37NS/c1-3-18-38(19-4-1)42-22-7-8-23-43(42)40-34-36-41(37-35-40)55(52-32-17-30-50-49-29-14-16-33-53(49)56-54(50)52)51-31-15-13-28-48(51)47-27-12-11-26-46(47)45-25-10-9-24-44(45)39-20-5-2-6-21-39/h1-37H. The molecule has 1 aromatic heterocycles. The van der Waals surface area contributed by atoms with Crippen LogP contribution in [0.2, 0.25) is 0 Å². The molecular formula is C54H37NS. The van der Waals surface area contributed by atoms with Crippen LogP contribution in [0, 0.1) is 0 Å². The SMILES string of the molecule is c1ccc(-c2ccccc2-c2ccc(N(c3ccccc3-c3ccccc3-c3ccccc3-c3ccccc3)c3cccc4c3sc3ccccc34)cc2)cc1. The first-order chi connectivity index (χ1) is 27.8. The number of fused-ring (bicyclic) bond motifs is 3. The first kappa shape index (κ1) is 33.6. The largest absolute Gasteiger partial charge is 0.308 e. The van der Waals surface area contributed by atoms with Gasteiger partial charge in [-0.15, -0.1) is 11.3 Å². The van der Waals surface area contributed by atoms with Crippen molar-refractivity contribution in [1.82, 2.24) is 0 Å². The predicted octanol–water partition coefficient (Wildman–Crippen LogP) is 15.9. The Labute approximate surface area is 332 Å². The van der Waals surface area contributed by atoms with E-state index in [0.29, 0.717) is 0 Å². The van der Waals surface area contributed by atoms with Crippen LogP contribution in [-0.2, 0) is 0 Å². The zero-order chi connectivity index (χ0) is 37.3. The normalized spacial score (nSPS) is 11.2. The van der Waals surface area contributed by atoms with Gasteiger partial charge in [-0.3, -0.25) is 0 Å². The minimum atomic E-state index is 1.10. The van der Waals surface area contributed by atoms with Crippen LogP contribution < -0.4 is 4.90 Å². The summed E-state index contributed by atoms with van der Waals surface area (Å²) in [4.78, 5) is 2.47. The molecule has 0 amide bonds. The summed E-state index contributed by atoms with van der Waals surface area (Å²) in [7, 11) is 0. The molecule has 0 fully saturated rings. The predicted molar refractivity (Wildman–Crippen MR) is 241 cm³/mol. The lowest BCUT2D eigenvalue weighted by Gasteiger charge is -2.29. The van der Waals surface area contributed by atoms with Crippen molar-refractivity contribution in [2.45, 2.75) is 0 Å². The summed E-state index contributed by atoms with van der Waals surface area (Å²) in [5.74, 6) is 0. The number of anilines is 3. The van der Waals surface area contributed by atoms with E-state index in [4.69, 9.17) is 0 Å². The molecule has 0 saturated heterocycles. The third-order valence-electron chi connectivity index (χ3n) is 10.7. The lowest BCUT2D eigenvalue weighted by molar-refractivity contribution is 1.30. The monoisotopic (exact) mass is 731 g/mol. The smallest absolute Gasteiger partial charge is 0.0640 e. The van der Waals surface area contributed by atoms with Crippen LogP contribution in [0.5, 0.6) is 0 Å². The second-order valence-corrected chi connectivity index (χ2v) is 15.1. The van der Waals surface area contributed by atoms with Crippen LogP contribution in [0.3, 0.4) is 0 Å². The maximum Gasteiger partial charge on any atom is 0.0640 e. The molecule has 56 heavy (non-hydrogen) atoms. The summed E-state index contributed by atoms with van der Waals surface area (Å²) < 4.78 is 2.56. The highest BCUT2D eigenvalue weighted by Gasteiger charge is 2.23. The summed E-state index contributed by atoms with van der Waals surface area (Å²) in [6.07, 6.45) is 0. The van der Waals surface area contributed by atoms with Crippen LogP contribution in [-0.4, -0.2) is 0 Å². The van der Waals surface area contributed by atoms with Gasteiger partial charge in [-0.25, -0.2) is 0 Å². The van der Waals surface area contributed by atoms with Gasteiger partial charge in [0.05, 0.1) is 16.1 Å². The molecule has 0 radical (unpaired) electrons. The fourth-order valence-corrected chi connectivity index (χ4v) is 9.35. The van der Waals surface area contributed by atoms with Crippen LogP contribution in [0.4, 0.5) is 17.1 Å². The lowest BCUT2D eigenvalue weighted by atomic mass is 9.88. The number of nitrogens with zero attached hydrogens (tertiary/aromatic N) is 1. The van der Waals surface area contributed by atoms with Gasteiger partial charge in [-0.2, -0.15) is 0 Å². The second-order valence-electron chi connectivity index (χ2n) is 14.0. The summed E-state index contributed by atoms with van der Waals surface area (Å²) in [6.45, 7) is 0. The number of rotatable bonds is 8. The summed E-state index contributed by atoms with van der Waals surface area (Å²) in [5.41, 5.74) is 15.4. The van der Waals surface area contributed by atoms with E-state index >= 15 is 0 Å². The van der Waals surface area contributed by atoms with E-state index in [2.05, 4.69) is 229 Å². The molecule has 0 aliphatic rings. The van der Waals surface area contributed by atoms with E-state index in [9.17, 15) is 0 Å². The average molecular weight is 732 g/mol. The van der Waals surface area contributed by atoms with Gasteiger partial charge < -0.3 is 4.90 Å². The number of benzene rings is 9. The Morgan fingerprint density at radius 2 is 0.679 bits per heavy atom. The first-order valence-electron chi connectivity index (χ1n) is 19.1. The number of hydrogen-bond donors (Lipinski definition) is 0. The van der Waals surface area contributed by atoms with Crippen molar-refractivity contribution in [2.75, 3.05) is 4.90 Å². The van der Waals surface area contributed by atoms with Crippen molar-refractivity contribution in [3.8, 4) is 55.6 Å². The average Bonchev–Trinajstić information content (AvgIpc) is 3.67. The molecule has 1 heterocycles. The van der Waals surface area contributed by atoms with Crippen molar-refractivity contribution >= 4 is 48.6 Å². The molecule has 0 saturated carbocycles. The van der Waals surface area contributed by atoms with Crippen molar-refractivity contribution in [3.63, 3.8) is 0 Å². The topological polar surface area (TPSA) is 3.24 Å². The van der Waals surface area contributed by atoms with Gasteiger partial charge in [0, 0.05) is 26.7 Å². The van der Waals surface area contributed by atoms with Gasteiger partial charge in [0.1, 0.15) is 0 Å². The van der Waals surface area contributed by atoms with Gasteiger partial charge in [0.2, 0.25) is 0 Å². The quantitative estimate of drug-likeness (QED) is 0.150. The van der Waals surface area contributed by atoms with Gasteiger partial charge in [0.15, 0.2) is 0 Å². The molecule has 10 rings (SSSR count). The molecule has 0 unspecified atom stereocenters. The summed E-state index contributed by atoms with van der Waals surface area (Å²) in [6, 6.07) is 81.3. The van der Waals surface area contributed by atoms with Crippen molar-refractivity contribution in [1.29, 1.82) is 0 Å². The van der Waals surface area contributed by atoms with E-state index in [1.165, 1.54) is 75.8 Å². The van der Waals surface area contributed by atoms with Crippen LogP contribution >= 0.6 is 11.3 Å². The minimum absolute atomic E-state index is 1.10. The molecule has 0 aliphatic heterocycles. The molecule has 0 spiro atoms. The van der Waals surface area contributed by atoms with Gasteiger partial charge >= 0.3 is 0 Å². The van der Waals surface area contributed by atoms with Gasteiger partial charge in [-0.1, -0.05) is 194 Å². The molecule has 2 heteroatoms. The molecule has 0 atom stereocenters. The van der Waals surface area contributed by atoms with Crippen molar-refractivity contribution < 1.29 is 0 Å². The zero-order valence-corrected chi connectivity index (χ0v) is 31.5. The summed E-state index contributed by atoms with van der Waals surface area (Å²) in [5, 5.41) is 2.56. The van der Waals surface area contributed by atoms with Crippen LogP contribution in [0.1, 0.15) is 0 Å². The maximum atomic E-state index is 2.47. The fourth-order valence-electron chi connectivity index (χ4n) is 8.15. The van der Waals surface area contributed by atoms with Gasteiger partial charge in [-0.05, 0) is 80.4 Å². The summed E-state index contributed by atoms with van der Waals surface area (Å²) >= 11 is 1.87. The minimum Gasteiger partial charge on any atom is -0.308 e. The molecule has 10 aromatic rings. The van der Waals surface area contributed by atoms with E-state index in [-0.39, 0.29) is 0 Å². The maximum absolute atomic E-state index is 2.47. The highest BCUT2D eigenvalue weighted by atomic mass is 32.1. The van der Waals surface area contributed by atoms with E-state index in [1.807, 2.05) is 11.3 Å². The second kappa shape index (κ2) is 14.7. The molecule has 1 nitrogen and oxygen atoms in total. The zero-order valence-electron chi connectivity index (χ0n) is 30.7. The number of para-hydroxylation sites is 1. The molecule has 0 N–H and O–H groups in total. The highest BCUT2D eigenvalue weighted by Crippen LogP contribution is 2.49. The van der Waals surface area contributed by atoms with Gasteiger partial charge in [0.25, 0.3) is 0 Å². The Morgan fingerprint density at radius 1 is 0.268 bits per heavy atom. The Hall–Kier alpha value is -7.00.